The van der Waals surface area contributed by atoms with Crippen molar-refractivity contribution >= 4 is 17.8 Å². The molecule has 0 spiro atoms. The number of hydrogen-bond acceptors (Lipinski definition) is 6. The molecule has 150 valence electrons. The first kappa shape index (κ1) is 19.6. The SMILES string of the molecule is CN(C[C@@H]1C[C@H](F)CN1c1ccnc(N(C)C)n1)C(=O)NCC1CCOC1. The molecule has 2 fully saturated rings. The molecule has 1 aromatic heterocycles. The number of ether oxygens (including phenoxy) is 1. The van der Waals surface area contributed by atoms with Gasteiger partial charge >= 0.3 is 6.03 Å². The zero-order chi connectivity index (χ0) is 19.4. The van der Waals surface area contributed by atoms with Gasteiger partial charge in [0, 0.05) is 59.4 Å². The summed E-state index contributed by atoms with van der Waals surface area (Å²) in [6.07, 6.45) is 2.11. The van der Waals surface area contributed by atoms with Crippen LogP contribution >= 0.6 is 0 Å². The number of rotatable bonds is 6. The van der Waals surface area contributed by atoms with E-state index in [4.69, 9.17) is 4.74 Å². The molecule has 2 aliphatic heterocycles. The molecule has 0 bridgehead atoms. The van der Waals surface area contributed by atoms with E-state index in [2.05, 4.69) is 15.3 Å². The zero-order valence-corrected chi connectivity index (χ0v) is 16.3. The third-order valence-electron chi connectivity index (χ3n) is 5.08. The van der Waals surface area contributed by atoms with Gasteiger partial charge in [0.05, 0.1) is 19.2 Å². The molecule has 8 nitrogen and oxygen atoms in total. The molecular formula is C18H29FN6O2. The molecule has 2 aliphatic rings. The molecule has 3 heterocycles. The summed E-state index contributed by atoms with van der Waals surface area (Å²) in [7, 11) is 5.48. The van der Waals surface area contributed by atoms with Crippen LogP contribution in [-0.2, 0) is 4.74 Å². The summed E-state index contributed by atoms with van der Waals surface area (Å²) in [5.41, 5.74) is 0. The summed E-state index contributed by atoms with van der Waals surface area (Å²) < 4.78 is 19.5. The van der Waals surface area contributed by atoms with Crippen LogP contribution < -0.4 is 15.1 Å². The average Bonchev–Trinajstić information content (AvgIpc) is 3.29. The Labute approximate surface area is 159 Å². The Balaban J connectivity index is 1.60. The zero-order valence-electron chi connectivity index (χ0n) is 16.3. The molecular weight excluding hydrogens is 351 g/mol. The van der Waals surface area contributed by atoms with Crippen molar-refractivity contribution in [3.05, 3.63) is 12.3 Å². The van der Waals surface area contributed by atoms with Crippen molar-refractivity contribution in [3.8, 4) is 0 Å². The van der Waals surface area contributed by atoms with Crippen LogP contribution in [0.25, 0.3) is 0 Å². The fraction of sp³-hybridized carbons (Fsp3) is 0.722. The highest BCUT2D eigenvalue weighted by atomic mass is 19.1. The first-order valence-electron chi connectivity index (χ1n) is 9.42. The number of urea groups is 1. The van der Waals surface area contributed by atoms with E-state index in [9.17, 15) is 9.18 Å². The van der Waals surface area contributed by atoms with Crippen molar-refractivity contribution in [2.24, 2.45) is 5.92 Å². The Morgan fingerprint density at radius 1 is 1.44 bits per heavy atom. The van der Waals surface area contributed by atoms with E-state index in [1.165, 1.54) is 0 Å². The minimum absolute atomic E-state index is 0.115. The van der Waals surface area contributed by atoms with Gasteiger partial charge in [0.2, 0.25) is 5.95 Å². The number of likely N-dealkylation sites (N-methyl/N-ethyl adjacent to an activating group) is 1. The number of hydrogen-bond donors (Lipinski definition) is 1. The first-order chi connectivity index (χ1) is 12.9. The molecule has 9 heteroatoms. The molecule has 0 radical (unpaired) electrons. The molecule has 0 aromatic carbocycles. The van der Waals surface area contributed by atoms with Crippen LogP contribution in [-0.4, -0.2) is 87.1 Å². The number of nitrogens with one attached hydrogen (secondary N) is 1. The second-order valence-electron chi connectivity index (χ2n) is 7.54. The van der Waals surface area contributed by atoms with E-state index < -0.39 is 6.17 Å². The average molecular weight is 380 g/mol. The van der Waals surface area contributed by atoms with Gasteiger partial charge in [0.1, 0.15) is 12.0 Å². The molecule has 0 aliphatic carbocycles. The largest absolute Gasteiger partial charge is 0.381 e. The molecule has 3 rings (SSSR count). The maximum Gasteiger partial charge on any atom is 0.317 e. The number of carbonyl (C=O) groups excluding carboxylic acids is 1. The summed E-state index contributed by atoms with van der Waals surface area (Å²) in [6, 6.07) is 1.54. The van der Waals surface area contributed by atoms with Crippen LogP contribution in [0, 0.1) is 5.92 Å². The minimum Gasteiger partial charge on any atom is -0.381 e. The van der Waals surface area contributed by atoms with Gasteiger partial charge in [-0.05, 0) is 12.5 Å². The quantitative estimate of drug-likeness (QED) is 0.798. The minimum atomic E-state index is -0.931. The third kappa shape index (κ3) is 4.97. The molecule has 2 amide bonds. The fourth-order valence-electron chi connectivity index (χ4n) is 3.54. The van der Waals surface area contributed by atoms with E-state index in [1.54, 1.807) is 24.2 Å². The highest BCUT2D eigenvalue weighted by Gasteiger charge is 2.34. The summed E-state index contributed by atoms with van der Waals surface area (Å²) in [5, 5.41) is 2.95. The predicted octanol–water partition coefficient (Wildman–Crippen LogP) is 1.14. The van der Waals surface area contributed by atoms with E-state index in [-0.39, 0.29) is 18.6 Å². The maximum absolute atomic E-state index is 14.1. The van der Waals surface area contributed by atoms with Crippen LogP contribution in [0.4, 0.5) is 21.0 Å². The van der Waals surface area contributed by atoms with E-state index in [0.29, 0.717) is 43.8 Å². The van der Waals surface area contributed by atoms with Gasteiger partial charge in [-0.2, -0.15) is 4.98 Å². The molecule has 27 heavy (non-hydrogen) atoms. The van der Waals surface area contributed by atoms with Gasteiger partial charge < -0.3 is 24.8 Å². The van der Waals surface area contributed by atoms with E-state index in [1.807, 2.05) is 23.9 Å². The Kier molecular flexibility index (Phi) is 6.30. The van der Waals surface area contributed by atoms with E-state index in [0.717, 1.165) is 13.0 Å². The van der Waals surface area contributed by atoms with Crippen molar-refractivity contribution in [2.75, 3.05) is 63.8 Å². The molecule has 1 unspecified atom stereocenters. The second kappa shape index (κ2) is 8.69. The number of halogens is 1. The molecule has 1 aromatic rings. The van der Waals surface area contributed by atoms with Gasteiger partial charge in [0.25, 0.3) is 0 Å². The lowest BCUT2D eigenvalue weighted by Gasteiger charge is -2.29. The molecule has 1 N–H and O–H groups in total. The number of alkyl halides is 1. The van der Waals surface area contributed by atoms with Crippen molar-refractivity contribution in [1.82, 2.24) is 20.2 Å². The Hall–Kier alpha value is -2.16. The smallest absolute Gasteiger partial charge is 0.317 e. The third-order valence-corrected chi connectivity index (χ3v) is 5.08. The van der Waals surface area contributed by atoms with Gasteiger partial charge in [-0.15, -0.1) is 0 Å². The molecule has 2 saturated heterocycles. The Bertz CT molecular complexity index is 640. The number of carbonyl (C=O) groups is 1. The van der Waals surface area contributed by atoms with Crippen LogP contribution in [0.5, 0.6) is 0 Å². The normalized spacial score (nSPS) is 24.9. The van der Waals surface area contributed by atoms with Gasteiger partial charge in [-0.1, -0.05) is 0 Å². The Morgan fingerprint density at radius 2 is 2.26 bits per heavy atom. The van der Waals surface area contributed by atoms with Gasteiger partial charge in [-0.25, -0.2) is 14.2 Å². The maximum atomic E-state index is 14.1. The summed E-state index contributed by atoms with van der Waals surface area (Å²) in [4.78, 5) is 26.5. The number of aromatic nitrogens is 2. The number of nitrogens with zero attached hydrogens (tertiary/aromatic N) is 5. The van der Waals surface area contributed by atoms with Crippen molar-refractivity contribution in [3.63, 3.8) is 0 Å². The predicted molar refractivity (Wildman–Crippen MR) is 102 cm³/mol. The van der Waals surface area contributed by atoms with Crippen molar-refractivity contribution in [2.45, 2.75) is 25.1 Å². The van der Waals surface area contributed by atoms with Crippen molar-refractivity contribution in [1.29, 1.82) is 0 Å². The lowest BCUT2D eigenvalue weighted by Crippen LogP contribution is -2.46. The van der Waals surface area contributed by atoms with Gasteiger partial charge in [-0.3, -0.25) is 0 Å². The lowest BCUT2D eigenvalue weighted by atomic mass is 10.1. The number of amides is 2. The second-order valence-corrected chi connectivity index (χ2v) is 7.54. The van der Waals surface area contributed by atoms with Gasteiger partial charge in [0.15, 0.2) is 0 Å². The van der Waals surface area contributed by atoms with Crippen LogP contribution in [0.3, 0.4) is 0 Å². The highest BCUT2D eigenvalue weighted by Crippen LogP contribution is 2.27. The van der Waals surface area contributed by atoms with Crippen molar-refractivity contribution < 1.29 is 13.9 Å². The monoisotopic (exact) mass is 380 g/mol. The Morgan fingerprint density at radius 3 is 2.96 bits per heavy atom. The summed E-state index contributed by atoms with van der Waals surface area (Å²) >= 11 is 0. The summed E-state index contributed by atoms with van der Waals surface area (Å²) in [6.45, 7) is 2.80. The highest BCUT2D eigenvalue weighted by molar-refractivity contribution is 5.74. The van der Waals surface area contributed by atoms with Crippen LogP contribution in [0.15, 0.2) is 12.3 Å². The van der Waals surface area contributed by atoms with Crippen LogP contribution in [0.2, 0.25) is 0 Å². The topological polar surface area (TPSA) is 73.8 Å². The first-order valence-corrected chi connectivity index (χ1v) is 9.42. The lowest BCUT2D eigenvalue weighted by molar-refractivity contribution is 0.182. The molecule has 0 saturated carbocycles. The molecule has 3 atom stereocenters. The number of anilines is 2. The fourth-order valence-corrected chi connectivity index (χ4v) is 3.54. The van der Waals surface area contributed by atoms with E-state index >= 15 is 0 Å². The summed E-state index contributed by atoms with van der Waals surface area (Å²) in [5.74, 6) is 1.65. The van der Waals surface area contributed by atoms with Crippen LogP contribution in [0.1, 0.15) is 12.8 Å². The standard InChI is InChI=1S/C18H29FN6O2/c1-23(2)17-20-6-4-16(22-17)25-10-14(19)8-15(25)11-24(3)18(26)21-9-13-5-7-27-12-13/h4,6,13-15H,5,7-12H2,1-3H3,(H,21,26)/t13?,14-,15-/m0/s1.